The molecule has 0 spiro atoms. The number of aromatic amines is 1. The predicted molar refractivity (Wildman–Crippen MR) is 110 cm³/mol. The minimum absolute atomic E-state index is 0.366. The molecule has 0 radical (unpaired) electrons. The molecule has 140 valence electrons. The fraction of sp³-hybridized carbons (Fsp3) is 0.417. The molecule has 2 aliphatic rings. The molecule has 0 bridgehead atoms. The molecule has 2 aromatic carbocycles. The fourth-order valence-electron chi connectivity index (χ4n) is 5.33. The molecule has 5 rings (SSSR count). The van der Waals surface area contributed by atoms with Crippen molar-refractivity contribution >= 4 is 10.9 Å². The van der Waals surface area contributed by atoms with Crippen LogP contribution in [0.25, 0.3) is 10.9 Å². The lowest BCUT2D eigenvalue weighted by Gasteiger charge is -2.42. The van der Waals surface area contributed by atoms with Gasteiger partial charge in [-0.05, 0) is 54.5 Å². The number of rotatable bonds is 3. The van der Waals surface area contributed by atoms with Gasteiger partial charge in [0.1, 0.15) is 5.75 Å². The van der Waals surface area contributed by atoms with Crippen LogP contribution >= 0.6 is 0 Å². The number of hydrogen-bond acceptors (Lipinski definition) is 2. The molecule has 2 N–H and O–H groups in total. The van der Waals surface area contributed by atoms with Gasteiger partial charge in [0.15, 0.2) is 0 Å². The third kappa shape index (κ3) is 3.14. The van der Waals surface area contributed by atoms with Crippen molar-refractivity contribution in [1.82, 2.24) is 9.88 Å². The molecule has 3 heteroatoms. The Morgan fingerprint density at radius 3 is 2.63 bits per heavy atom. The van der Waals surface area contributed by atoms with Crippen molar-refractivity contribution in [1.29, 1.82) is 0 Å². The molecule has 1 aliphatic carbocycles. The van der Waals surface area contributed by atoms with Crippen LogP contribution in [0.4, 0.5) is 0 Å². The van der Waals surface area contributed by atoms with Crippen LogP contribution in [0.1, 0.15) is 55.0 Å². The van der Waals surface area contributed by atoms with Crippen molar-refractivity contribution in [2.24, 2.45) is 5.92 Å². The van der Waals surface area contributed by atoms with Crippen LogP contribution in [0.15, 0.2) is 48.5 Å². The summed E-state index contributed by atoms with van der Waals surface area (Å²) in [4.78, 5) is 6.45. The molecule has 1 aliphatic heterocycles. The van der Waals surface area contributed by atoms with Crippen LogP contribution < -0.4 is 0 Å². The number of hydrogen-bond donors (Lipinski definition) is 2. The Morgan fingerprint density at radius 2 is 1.81 bits per heavy atom. The molecule has 0 saturated heterocycles. The summed E-state index contributed by atoms with van der Waals surface area (Å²) < 4.78 is 0. The standard InChI is InChI=1S/C24H28N2O/c27-19-11-12-22-21(15-19)20-13-14-26(16-17-7-3-1-4-8-17)24(23(20)25-22)18-9-5-2-6-10-18/h1,3-4,7-8,11-12,15,18,24-25,27H,2,5-6,9-10,13-14,16H2. The van der Waals surface area contributed by atoms with Crippen molar-refractivity contribution in [2.45, 2.75) is 51.1 Å². The maximum absolute atomic E-state index is 9.99. The van der Waals surface area contributed by atoms with E-state index in [1.165, 1.54) is 59.8 Å². The van der Waals surface area contributed by atoms with Crippen LogP contribution in [-0.4, -0.2) is 21.5 Å². The number of phenolic OH excluding ortho intramolecular Hbond substituents is 1. The SMILES string of the molecule is Oc1ccc2[nH]c3c(c2c1)CCN(Cc1ccccc1)C3C1CCCCC1. The van der Waals surface area contributed by atoms with Crippen LogP contribution in [-0.2, 0) is 13.0 Å². The van der Waals surface area contributed by atoms with Crippen molar-refractivity contribution in [3.63, 3.8) is 0 Å². The zero-order valence-electron chi connectivity index (χ0n) is 15.8. The molecular weight excluding hydrogens is 332 g/mol. The van der Waals surface area contributed by atoms with Gasteiger partial charge in [-0.15, -0.1) is 0 Å². The van der Waals surface area contributed by atoms with Crippen molar-refractivity contribution < 1.29 is 5.11 Å². The highest BCUT2D eigenvalue weighted by Gasteiger charge is 2.36. The largest absolute Gasteiger partial charge is 0.508 e. The summed E-state index contributed by atoms with van der Waals surface area (Å²) in [6.07, 6.45) is 7.81. The first-order valence-electron chi connectivity index (χ1n) is 10.4. The molecule has 1 unspecified atom stereocenters. The van der Waals surface area contributed by atoms with E-state index in [0.29, 0.717) is 11.8 Å². The normalized spacial score (nSPS) is 21.4. The number of nitrogens with zero attached hydrogens (tertiary/aromatic N) is 1. The maximum atomic E-state index is 9.99. The van der Waals surface area contributed by atoms with Gasteiger partial charge < -0.3 is 10.1 Å². The summed E-state index contributed by atoms with van der Waals surface area (Å²) in [5.41, 5.74) is 5.40. The molecule has 3 nitrogen and oxygen atoms in total. The number of H-pyrrole nitrogens is 1. The number of nitrogens with one attached hydrogen (secondary N) is 1. The monoisotopic (exact) mass is 360 g/mol. The summed E-state index contributed by atoms with van der Waals surface area (Å²) in [5.74, 6) is 1.09. The van der Waals surface area contributed by atoms with Gasteiger partial charge in [0.25, 0.3) is 0 Å². The maximum Gasteiger partial charge on any atom is 0.116 e. The van der Waals surface area contributed by atoms with E-state index in [-0.39, 0.29) is 0 Å². The molecule has 1 atom stereocenters. The van der Waals surface area contributed by atoms with Crippen molar-refractivity contribution in [3.8, 4) is 5.75 Å². The van der Waals surface area contributed by atoms with Gasteiger partial charge in [0, 0.05) is 29.7 Å². The number of benzene rings is 2. The Labute approximate surface area is 161 Å². The second kappa shape index (κ2) is 7.05. The number of phenols is 1. The van der Waals surface area contributed by atoms with Gasteiger partial charge >= 0.3 is 0 Å². The summed E-state index contributed by atoms with van der Waals surface area (Å²) in [6, 6.07) is 17.1. The molecule has 1 fully saturated rings. The Kier molecular flexibility index (Phi) is 4.41. The Hall–Kier alpha value is -2.26. The van der Waals surface area contributed by atoms with E-state index in [0.717, 1.165) is 25.4 Å². The van der Waals surface area contributed by atoms with Crippen molar-refractivity contribution in [3.05, 3.63) is 65.4 Å². The second-order valence-electron chi connectivity index (χ2n) is 8.30. The second-order valence-corrected chi connectivity index (χ2v) is 8.30. The first kappa shape index (κ1) is 16.9. The van der Waals surface area contributed by atoms with Gasteiger partial charge in [-0.1, -0.05) is 49.6 Å². The quantitative estimate of drug-likeness (QED) is 0.642. The Bertz CT molecular complexity index is 924. The van der Waals surface area contributed by atoms with E-state index >= 15 is 0 Å². The molecule has 0 amide bonds. The van der Waals surface area contributed by atoms with Gasteiger partial charge in [-0.3, -0.25) is 4.90 Å². The minimum atomic E-state index is 0.366. The smallest absolute Gasteiger partial charge is 0.116 e. The average Bonchev–Trinajstić information content (AvgIpc) is 3.07. The summed E-state index contributed by atoms with van der Waals surface area (Å²) >= 11 is 0. The molecule has 27 heavy (non-hydrogen) atoms. The van der Waals surface area contributed by atoms with Crippen molar-refractivity contribution in [2.75, 3.05) is 6.54 Å². The molecule has 2 heterocycles. The van der Waals surface area contributed by atoms with Crippen LogP contribution in [0.3, 0.4) is 0 Å². The first-order chi connectivity index (χ1) is 13.3. The average molecular weight is 361 g/mol. The third-order valence-electron chi connectivity index (χ3n) is 6.59. The van der Waals surface area contributed by atoms with E-state index in [4.69, 9.17) is 0 Å². The first-order valence-corrected chi connectivity index (χ1v) is 10.4. The highest BCUT2D eigenvalue weighted by atomic mass is 16.3. The third-order valence-corrected chi connectivity index (χ3v) is 6.59. The number of aromatic nitrogens is 1. The van der Waals surface area contributed by atoms with Crippen LogP contribution in [0.2, 0.25) is 0 Å². The Morgan fingerprint density at radius 1 is 1.00 bits per heavy atom. The Balaban J connectivity index is 1.56. The van der Waals surface area contributed by atoms with Gasteiger partial charge in [-0.25, -0.2) is 0 Å². The zero-order chi connectivity index (χ0) is 18.2. The lowest BCUT2D eigenvalue weighted by Crippen LogP contribution is -2.39. The van der Waals surface area contributed by atoms with E-state index in [1.54, 1.807) is 6.07 Å². The highest BCUT2D eigenvalue weighted by molar-refractivity contribution is 5.86. The van der Waals surface area contributed by atoms with Gasteiger partial charge in [0.05, 0.1) is 6.04 Å². The summed E-state index contributed by atoms with van der Waals surface area (Å²) in [6.45, 7) is 2.10. The van der Waals surface area contributed by atoms with E-state index in [2.05, 4.69) is 40.2 Å². The lowest BCUT2D eigenvalue weighted by atomic mass is 9.79. The fourth-order valence-corrected chi connectivity index (χ4v) is 5.33. The van der Waals surface area contributed by atoms with E-state index < -0.39 is 0 Å². The molecule has 1 aromatic heterocycles. The van der Waals surface area contributed by atoms with Gasteiger partial charge in [-0.2, -0.15) is 0 Å². The predicted octanol–water partition coefficient (Wildman–Crippen LogP) is 5.55. The van der Waals surface area contributed by atoms with E-state index in [1.807, 2.05) is 12.1 Å². The number of fused-ring (bicyclic) bond motifs is 3. The summed E-state index contributed by atoms with van der Waals surface area (Å²) in [7, 11) is 0. The van der Waals surface area contributed by atoms with Crippen LogP contribution in [0.5, 0.6) is 5.75 Å². The highest BCUT2D eigenvalue weighted by Crippen LogP contribution is 2.44. The topological polar surface area (TPSA) is 39.3 Å². The summed E-state index contributed by atoms with van der Waals surface area (Å²) in [5, 5.41) is 11.2. The minimum Gasteiger partial charge on any atom is -0.508 e. The zero-order valence-corrected chi connectivity index (χ0v) is 15.8. The molecule has 3 aromatic rings. The lowest BCUT2D eigenvalue weighted by molar-refractivity contribution is 0.0974. The number of aromatic hydroxyl groups is 1. The van der Waals surface area contributed by atoms with Crippen LogP contribution in [0, 0.1) is 5.92 Å². The van der Waals surface area contributed by atoms with Gasteiger partial charge in [0.2, 0.25) is 0 Å². The molecular formula is C24H28N2O. The molecule has 1 saturated carbocycles. The van der Waals surface area contributed by atoms with E-state index in [9.17, 15) is 5.11 Å².